The second-order valence-corrected chi connectivity index (χ2v) is 14.5. The highest BCUT2D eigenvalue weighted by molar-refractivity contribution is 7.46. The Balaban J connectivity index is 4.16. The van der Waals surface area contributed by atoms with Crippen LogP contribution in [-0.4, -0.2) is 41.0 Å². The van der Waals surface area contributed by atoms with Crippen LogP contribution in [0.2, 0.25) is 0 Å². The fourth-order valence-electron chi connectivity index (χ4n) is 4.91. The van der Waals surface area contributed by atoms with Crippen LogP contribution in [0, 0.1) is 0 Å². The van der Waals surface area contributed by atoms with Crippen LogP contribution >= 0.6 is 7.82 Å². The van der Waals surface area contributed by atoms with E-state index < -0.39 is 32.5 Å². The first kappa shape index (κ1) is 52.5. The minimum atomic E-state index is -4.79. The summed E-state index contributed by atoms with van der Waals surface area (Å²) in [6, 6.07) is 0. The molecule has 0 amide bonds. The summed E-state index contributed by atoms with van der Waals surface area (Å²) in [5, 5.41) is 0. The average molecular weight is 797 g/mol. The molecule has 0 aliphatic carbocycles. The van der Waals surface area contributed by atoms with Gasteiger partial charge in [-0.2, -0.15) is 0 Å². The van der Waals surface area contributed by atoms with Crippen molar-refractivity contribution in [1.82, 2.24) is 0 Å². The van der Waals surface area contributed by atoms with Gasteiger partial charge in [-0.1, -0.05) is 155 Å². The molecular weight excluding hydrogens is 723 g/mol. The van der Waals surface area contributed by atoms with Crippen LogP contribution in [0.15, 0.2) is 122 Å². The number of esters is 2. The van der Waals surface area contributed by atoms with Crippen LogP contribution in [0.25, 0.3) is 0 Å². The number of phosphoric ester groups is 1. The Hall–Kier alpha value is -3.55. The van der Waals surface area contributed by atoms with E-state index in [0.717, 1.165) is 77.0 Å². The smallest absolute Gasteiger partial charge is 0.462 e. The van der Waals surface area contributed by atoms with E-state index in [1.807, 2.05) is 12.2 Å². The minimum Gasteiger partial charge on any atom is -0.462 e. The molecule has 0 aromatic carbocycles. The molecule has 0 aliphatic rings. The summed E-state index contributed by atoms with van der Waals surface area (Å²) in [6.45, 7) is 3.43. The lowest BCUT2D eigenvalue weighted by molar-refractivity contribution is -0.161. The molecule has 1 atom stereocenters. The number of carbonyl (C=O) groups is 2. The Morgan fingerprint density at radius 2 is 0.893 bits per heavy atom. The number of phosphoric acid groups is 1. The molecule has 0 aromatic heterocycles. The number of carbonyl (C=O) groups excluding carboxylic acids is 2. The predicted molar refractivity (Wildman–Crippen MR) is 234 cm³/mol. The standard InChI is InChI=1S/C47H73O8P/c1-3-5-7-9-11-13-15-17-19-21-23-25-27-29-31-33-35-37-39-41-46(48)53-43-45(44-54-56(50,51)52)55-47(49)42-40-38-36-34-32-30-28-26-24-22-20-18-16-14-12-10-8-6-4-2/h6,8,11-14,17-20,23-26,29-32,36,38,45H,3-5,7,9-10,15-16,21-22,27-28,33-35,37,39-44H2,1-2H3,(H2,50,51,52)/b8-6-,13-11-,14-12-,19-17-,20-18-,25-23-,26-24-,31-29-,32-30-,38-36-/t45-/m1/s1. The molecule has 0 aromatic rings. The molecule has 0 bridgehead atoms. The highest BCUT2D eigenvalue weighted by atomic mass is 31.2. The molecule has 56 heavy (non-hydrogen) atoms. The van der Waals surface area contributed by atoms with E-state index in [2.05, 4.69) is 128 Å². The summed E-state index contributed by atoms with van der Waals surface area (Å²) >= 11 is 0. The van der Waals surface area contributed by atoms with Crippen LogP contribution in [0.5, 0.6) is 0 Å². The average Bonchev–Trinajstić information content (AvgIpc) is 3.17. The zero-order valence-corrected chi connectivity index (χ0v) is 35.4. The van der Waals surface area contributed by atoms with Gasteiger partial charge in [-0.05, 0) is 96.3 Å². The molecule has 0 aliphatic heterocycles. The van der Waals surface area contributed by atoms with Crippen molar-refractivity contribution in [3.63, 3.8) is 0 Å². The van der Waals surface area contributed by atoms with E-state index >= 15 is 0 Å². The summed E-state index contributed by atoms with van der Waals surface area (Å²) in [7, 11) is -4.79. The van der Waals surface area contributed by atoms with E-state index in [9.17, 15) is 14.2 Å². The Bertz CT molecular complexity index is 1310. The third-order valence-electron chi connectivity index (χ3n) is 7.98. The molecule has 0 saturated heterocycles. The first-order valence-corrected chi connectivity index (χ1v) is 22.4. The number of unbranched alkanes of at least 4 members (excludes halogenated alkanes) is 6. The van der Waals surface area contributed by atoms with Crippen molar-refractivity contribution in [3.8, 4) is 0 Å². The predicted octanol–water partition coefficient (Wildman–Crippen LogP) is 13.0. The van der Waals surface area contributed by atoms with Gasteiger partial charge in [0, 0.05) is 12.8 Å². The van der Waals surface area contributed by atoms with Gasteiger partial charge in [-0.25, -0.2) is 4.57 Å². The third-order valence-corrected chi connectivity index (χ3v) is 8.46. The van der Waals surface area contributed by atoms with Gasteiger partial charge in [-0.15, -0.1) is 0 Å². The lowest BCUT2D eigenvalue weighted by atomic mass is 10.1. The second-order valence-electron chi connectivity index (χ2n) is 13.2. The van der Waals surface area contributed by atoms with Gasteiger partial charge in [0.25, 0.3) is 0 Å². The number of rotatable bonds is 36. The molecule has 0 radical (unpaired) electrons. The topological polar surface area (TPSA) is 119 Å². The lowest BCUT2D eigenvalue weighted by Crippen LogP contribution is -2.29. The third kappa shape index (κ3) is 43.2. The van der Waals surface area contributed by atoms with Gasteiger partial charge < -0.3 is 19.3 Å². The van der Waals surface area contributed by atoms with Crippen molar-refractivity contribution in [2.45, 2.75) is 148 Å². The highest BCUT2D eigenvalue weighted by Gasteiger charge is 2.22. The summed E-state index contributed by atoms with van der Waals surface area (Å²) in [4.78, 5) is 42.8. The maximum atomic E-state index is 12.4. The van der Waals surface area contributed by atoms with Crippen molar-refractivity contribution in [2.24, 2.45) is 0 Å². The molecular formula is C47H73O8P. The molecule has 0 fully saturated rings. The second kappa shape index (κ2) is 41.1. The van der Waals surface area contributed by atoms with Gasteiger partial charge in [-0.3, -0.25) is 14.1 Å². The van der Waals surface area contributed by atoms with Crippen LogP contribution in [0.1, 0.15) is 142 Å². The van der Waals surface area contributed by atoms with Crippen molar-refractivity contribution in [3.05, 3.63) is 122 Å². The molecule has 9 heteroatoms. The zero-order valence-electron chi connectivity index (χ0n) is 34.5. The summed E-state index contributed by atoms with van der Waals surface area (Å²) in [5.74, 6) is -1.03. The summed E-state index contributed by atoms with van der Waals surface area (Å²) < 4.78 is 26.3. The Kier molecular flexibility index (Phi) is 38.5. The van der Waals surface area contributed by atoms with Crippen molar-refractivity contribution < 1.29 is 37.9 Å². The first-order chi connectivity index (χ1) is 27.3. The molecule has 314 valence electrons. The molecule has 0 unspecified atom stereocenters. The van der Waals surface area contributed by atoms with Gasteiger partial charge in [0.2, 0.25) is 0 Å². The molecule has 2 N–H and O–H groups in total. The Morgan fingerprint density at radius 3 is 1.32 bits per heavy atom. The highest BCUT2D eigenvalue weighted by Crippen LogP contribution is 2.35. The largest absolute Gasteiger partial charge is 0.469 e. The maximum Gasteiger partial charge on any atom is 0.469 e. The monoisotopic (exact) mass is 797 g/mol. The van der Waals surface area contributed by atoms with E-state index in [1.54, 1.807) is 0 Å². The van der Waals surface area contributed by atoms with Crippen molar-refractivity contribution in [2.75, 3.05) is 13.2 Å². The zero-order chi connectivity index (χ0) is 41.1. The summed E-state index contributed by atoms with van der Waals surface area (Å²) in [6.07, 6.45) is 59.3. The molecule has 0 saturated carbocycles. The minimum absolute atomic E-state index is 0.0714. The van der Waals surface area contributed by atoms with Crippen LogP contribution < -0.4 is 0 Å². The number of hydrogen-bond donors (Lipinski definition) is 2. The maximum absolute atomic E-state index is 12.4. The van der Waals surface area contributed by atoms with E-state index in [1.165, 1.54) is 25.7 Å². The van der Waals surface area contributed by atoms with Crippen LogP contribution in [-0.2, 0) is 28.2 Å². The van der Waals surface area contributed by atoms with Crippen molar-refractivity contribution >= 4 is 19.8 Å². The SMILES string of the molecule is CC/C=C\C/C=C\C/C=C\C/C=C\C/C=C\C/C=C\CCC(=O)O[C@H](COC(=O)CCCCC/C=C\C/C=C\C/C=C\C/C=C\CCCCC)COP(=O)(O)O. The molecule has 8 nitrogen and oxygen atoms in total. The first-order valence-electron chi connectivity index (χ1n) is 20.8. The molecule has 0 heterocycles. The molecule has 0 spiro atoms. The van der Waals surface area contributed by atoms with Gasteiger partial charge >= 0.3 is 19.8 Å². The van der Waals surface area contributed by atoms with E-state index in [0.29, 0.717) is 12.8 Å². The van der Waals surface area contributed by atoms with Crippen LogP contribution in [0.4, 0.5) is 0 Å². The summed E-state index contributed by atoms with van der Waals surface area (Å²) in [5.41, 5.74) is 0. The normalized spacial score (nSPS) is 13.7. The Morgan fingerprint density at radius 1 is 0.482 bits per heavy atom. The fourth-order valence-corrected chi connectivity index (χ4v) is 5.27. The fraction of sp³-hybridized carbons (Fsp3) is 0.532. The van der Waals surface area contributed by atoms with Crippen molar-refractivity contribution in [1.29, 1.82) is 0 Å². The quantitative estimate of drug-likeness (QED) is 0.0278. The van der Waals surface area contributed by atoms with Gasteiger partial charge in [0.1, 0.15) is 6.61 Å². The van der Waals surface area contributed by atoms with Gasteiger partial charge in [0.15, 0.2) is 6.10 Å². The van der Waals surface area contributed by atoms with Crippen LogP contribution in [0.3, 0.4) is 0 Å². The number of ether oxygens (including phenoxy) is 2. The lowest BCUT2D eigenvalue weighted by Gasteiger charge is -2.18. The van der Waals surface area contributed by atoms with Gasteiger partial charge in [0.05, 0.1) is 6.61 Å². The van der Waals surface area contributed by atoms with E-state index in [4.69, 9.17) is 19.3 Å². The van der Waals surface area contributed by atoms with E-state index in [-0.39, 0.29) is 19.4 Å². The Labute approximate surface area is 339 Å². The number of hydrogen-bond acceptors (Lipinski definition) is 6. The number of allylic oxidation sites excluding steroid dienone is 20. The molecule has 0 rings (SSSR count).